The summed E-state index contributed by atoms with van der Waals surface area (Å²) >= 11 is 9.15. The van der Waals surface area contributed by atoms with Gasteiger partial charge in [-0.15, -0.1) is 0 Å². The topological polar surface area (TPSA) is 46.5 Å². The molecule has 0 saturated heterocycles. The first kappa shape index (κ1) is 14.9. The number of rotatable bonds is 4. The minimum Gasteiger partial charge on any atom is -0.487 e. The van der Waals surface area contributed by atoms with Crippen LogP contribution in [0.1, 0.15) is 21.5 Å². The fraction of sp³-hybridized carbons (Fsp3) is 0.133. The second kappa shape index (κ2) is 6.29. The standard InChI is InChI=1S/C15H12BrClO3/c1-9-4-2-3-5-10(9)8-20-14-12(15(18)19)6-11(17)7-13(14)16/h2-7H,8H2,1H3,(H,18,19). The summed E-state index contributed by atoms with van der Waals surface area (Å²) < 4.78 is 6.19. The lowest BCUT2D eigenvalue weighted by Crippen LogP contribution is -2.05. The zero-order chi connectivity index (χ0) is 14.7. The van der Waals surface area contributed by atoms with Gasteiger partial charge in [0.2, 0.25) is 0 Å². The van der Waals surface area contributed by atoms with E-state index in [0.29, 0.717) is 16.1 Å². The number of hydrogen-bond donors (Lipinski definition) is 1. The molecule has 2 aromatic carbocycles. The van der Waals surface area contributed by atoms with Crippen molar-refractivity contribution in [3.8, 4) is 5.75 Å². The molecule has 2 aromatic rings. The Morgan fingerprint density at radius 3 is 2.70 bits per heavy atom. The summed E-state index contributed by atoms with van der Waals surface area (Å²) in [6.07, 6.45) is 0. The number of aryl methyl sites for hydroxylation is 1. The lowest BCUT2D eigenvalue weighted by Gasteiger charge is -2.13. The van der Waals surface area contributed by atoms with Crippen LogP contribution in [0.3, 0.4) is 0 Å². The summed E-state index contributed by atoms with van der Waals surface area (Å²) in [5, 5.41) is 9.55. The van der Waals surface area contributed by atoms with Crippen LogP contribution < -0.4 is 4.74 Å². The van der Waals surface area contributed by atoms with Gasteiger partial charge >= 0.3 is 5.97 Å². The molecule has 1 N–H and O–H groups in total. The predicted octanol–water partition coefficient (Wildman–Crippen LogP) is 4.69. The molecule has 0 aliphatic rings. The van der Waals surface area contributed by atoms with E-state index in [1.54, 1.807) is 6.07 Å². The maximum atomic E-state index is 11.2. The monoisotopic (exact) mass is 354 g/mol. The molecular weight excluding hydrogens is 344 g/mol. The third kappa shape index (κ3) is 3.32. The van der Waals surface area contributed by atoms with Crippen LogP contribution in [0.2, 0.25) is 5.02 Å². The molecule has 104 valence electrons. The van der Waals surface area contributed by atoms with Crippen molar-refractivity contribution in [2.75, 3.05) is 0 Å². The molecule has 0 amide bonds. The fourth-order valence-corrected chi connectivity index (χ4v) is 2.71. The Bertz CT molecular complexity index is 656. The van der Waals surface area contributed by atoms with E-state index in [4.69, 9.17) is 16.3 Å². The van der Waals surface area contributed by atoms with Crippen LogP contribution in [0.15, 0.2) is 40.9 Å². The molecule has 0 fully saturated rings. The van der Waals surface area contributed by atoms with Gasteiger partial charge in [-0.3, -0.25) is 0 Å². The van der Waals surface area contributed by atoms with Crippen LogP contribution in [0, 0.1) is 6.92 Å². The molecule has 0 spiro atoms. The van der Waals surface area contributed by atoms with Crippen LogP contribution >= 0.6 is 27.5 Å². The van der Waals surface area contributed by atoms with Gasteiger partial charge in [0, 0.05) is 5.02 Å². The zero-order valence-corrected chi connectivity index (χ0v) is 13.0. The second-order valence-corrected chi connectivity index (χ2v) is 5.58. The summed E-state index contributed by atoms with van der Waals surface area (Å²) in [4.78, 5) is 11.2. The number of carboxylic acid groups (broad SMARTS) is 1. The quantitative estimate of drug-likeness (QED) is 0.865. The van der Waals surface area contributed by atoms with Crippen molar-refractivity contribution >= 4 is 33.5 Å². The van der Waals surface area contributed by atoms with Gasteiger partial charge in [0.25, 0.3) is 0 Å². The number of carbonyl (C=O) groups is 1. The molecule has 0 bridgehead atoms. The smallest absolute Gasteiger partial charge is 0.339 e. The molecule has 0 atom stereocenters. The van der Waals surface area contributed by atoms with Crippen LogP contribution in [-0.2, 0) is 6.61 Å². The summed E-state index contributed by atoms with van der Waals surface area (Å²) in [5.74, 6) is -0.793. The summed E-state index contributed by atoms with van der Waals surface area (Å²) in [6, 6.07) is 10.8. The summed E-state index contributed by atoms with van der Waals surface area (Å²) in [6.45, 7) is 2.28. The molecule has 5 heteroatoms. The van der Waals surface area contributed by atoms with E-state index in [2.05, 4.69) is 15.9 Å². The average molecular weight is 356 g/mol. The lowest BCUT2D eigenvalue weighted by atomic mass is 10.1. The first-order chi connectivity index (χ1) is 9.49. The van der Waals surface area contributed by atoms with Crippen molar-refractivity contribution in [1.29, 1.82) is 0 Å². The molecule has 0 heterocycles. The molecule has 0 unspecified atom stereocenters. The number of aromatic carboxylic acids is 1. The van der Waals surface area contributed by atoms with E-state index in [1.807, 2.05) is 31.2 Å². The predicted molar refractivity (Wildman–Crippen MR) is 81.6 cm³/mol. The van der Waals surface area contributed by atoms with E-state index in [1.165, 1.54) is 6.07 Å². The maximum absolute atomic E-state index is 11.2. The lowest BCUT2D eigenvalue weighted by molar-refractivity contribution is 0.0691. The Hall–Kier alpha value is -1.52. The van der Waals surface area contributed by atoms with Gasteiger partial charge < -0.3 is 9.84 Å². The minimum absolute atomic E-state index is 0.0398. The van der Waals surface area contributed by atoms with E-state index in [-0.39, 0.29) is 11.3 Å². The first-order valence-electron chi connectivity index (χ1n) is 5.88. The van der Waals surface area contributed by atoms with Gasteiger partial charge in [0.05, 0.1) is 4.47 Å². The second-order valence-electron chi connectivity index (χ2n) is 4.28. The minimum atomic E-state index is -1.08. The third-order valence-corrected chi connectivity index (χ3v) is 3.68. The van der Waals surface area contributed by atoms with Crippen molar-refractivity contribution < 1.29 is 14.6 Å². The highest BCUT2D eigenvalue weighted by Gasteiger charge is 2.16. The first-order valence-corrected chi connectivity index (χ1v) is 7.06. The van der Waals surface area contributed by atoms with Crippen molar-refractivity contribution in [3.63, 3.8) is 0 Å². The van der Waals surface area contributed by atoms with Gasteiger partial charge in [-0.25, -0.2) is 4.79 Å². The van der Waals surface area contributed by atoms with Crippen LogP contribution in [0.25, 0.3) is 0 Å². The molecule has 0 aliphatic heterocycles. The van der Waals surface area contributed by atoms with E-state index in [9.17, 15) is 9.90 Å². The summed E-state index contributed by atoms with van der Waals surface area (Å²) in [5.41, 5.74) is 2.14. The molecule has 0 aromatic heterocycles. The van der Waals surface area contributed by atoms with Crippen LogP contribution in [0.5, 0.6) is 5.75 Å². The molecule has 2 rings (SSSR count). The highest BCUT2D eigenvalue weighted by Crippen LogP contribution is 2.33. The molecular formula is C15H12BrClO3. The molecule has 3 nitrogen and oxygen atoms in total. The van der Waals surface area contributed by atoms with Crippen molar-refractivity contribution in [1.82, 2.24) is 0 Å². The Balaban J connectivity index is 2.30. The summed E-state index contributed by atoms with van der Waals surface area (Å²) in [7, 11) is 0. The Morgan fingerprint density at radius 2 is 2.05 bits per heavy atom. The molecule has 0 radical (unpaired) electrons. The highest BCUT2D eigenvalue weighted by molar-refractivity contribution is 9.10. The van der Waals surface area contributed by atoms with Gasteiger partial charge in [-0.2, -0.15) is 0 Å². The van der Waals surface area contributed by atoms with Gasteiger partial charge in [-0.1, -0.05) is 35.9 Å². The number of benzene rings is 2. The van der Waals surface area contributed by atoms with E-state index >= 15 is 0 Å². The molecule has 0 saturated carbocycles. The van der Waals surface area contributed by atoms with Crippen LogP contribution in [-0.4, -0.2) is 11.1 Å². The number of ether oxygens (including phenoxy) is 1. The van der Waals surface area contributed by atoms with Crippen molar-refractivity contribution in [2.45, 2.75) is 13.5 Å². The van der Waals surface area contributed by atoms with Crippen molar-refractivity contribution in [2.24, 2.45) is 0 Å². The van der Waals surface area contributed by atoms with Gasteiger partial charge in [0.1, 0.15) is 17.9 Å². The molecule has 20 heavy (non-hydrogen) atoms. The largest absolute Gasteiger partial charge is 0.487 e. The van der Waals surface area contributed by atoms with Crippen molar-refractivity contribution in [3.05, 3.63) is 62.6 Å². The SMILES string of the molecule is Cc1ccccc1COc1c(Br)cc(Cl)cc1C(=O)O. The Labute approximate surface area is 130 Å². The van der Waals surface area contributed by atoms with E-state index in [0.717, 1.165) is 11.1 Å². The Morgan fingerprint density at radius 1 is 1.35 bits per heavy atom. The van der Waals surface area contributed by atoms with Crippen LogP contribution in [0.4, 0.5) is 0 Å². The van der Waals surface area contributed by atoms with E-state index < -0.39 is 5.97 Å². The fourth-order valence-electron chi connectivity index (χ4n) is 1.79. The van der Waals surface area contributed by atoms with Gasteiger partial charge in [0.15, 0.2) is 0 Å². The molecule has 0 aliphatic carbocycles. The zero-order valence-electron chi connectivity index (χ0n) is 10.7. The Kier molecular flexibility index (Phi) is 4.68. The van der Waals surface area contributed by atoms with Gasteiger partial charge in [-0.05, 0) is 46.1 Å². The number of hydrogen-bond acceptors (Lipinski definition) is 2. The normalized spacial score (nSPS) is 10.3. The number of carboxylic acids is 1. The number of halogens is 2. The maximum Gasteiger partial charge on any atom is 0.339 e. The average Bonchev–Trinajstić information content (AvgIpc) is 2.38. The third-order valence-electron chi connectivity index (χ3n) is 2.87. The highest BCUT2D eigenvalue weighted by atomic mass is 79.9.